The first-order valence-corrected chi connectivity index (χ1v) is 6.99. The fourth-order valence-corrected chi connectivity index (χ4v) is 2.36. The van der Waals surface area contributed by atoms with Crippen molar-refractivity contribution in [3.05, 3.63) is 69.0 Å². The Kier molecular flexibility index (Phi) is 3.69. The number of hydrogen-bond acceptors (Lipinski definition) is 4. The molecule has 5 heteroatoms. The van der Waals surface area contributed by atoms with Gasteiger partial charge in [0.05, 0.1) is 16.6 Å². The second-order valence-corrected chi connectivity index (χ2v) is 5.28. The lowest BCUT2D eigenvalue weighted by Crippen LogP contribution is -2.01. The predicted molar refractivity (Wildman–Crippen MR) is 87.6 cm³/mol. The molecule has 0 amide bonds. The molecular formula is C17H12ClNO3. The number of halogens is 1. The zero-order valence-electron chi connectivity index (χ0n) is 11.7. The van der Waals surface area contributed by atoms with Gasteiger partial charge in [0.2, 0.25) is 0 Å². The van der Waals surface area contributed by atoms with E-state index in [-0.39, 0.29) is 0 Å². The zero-order valence-corrected chi connectivity index (χ0v) is 12.5. The first-order valence-electron chi connectivity index (χ1n) is 6.61. The van der Waals surface area contributed by atoms with Crippen LogP contribution in [0.1, 0.15) is 11.1 Å². The molecule has 2 aromatic carbocycles. The van der Waals surface area contributed by atoms with Crippen molar-refractivity contribution in [3.8, 4) is 5.95 Å². The van der Waals surface area contributed by atoms with Gasteiger partial charge in [-0.2, -0.15) is 0 Å². The summed E-state index contributed by atoms with van der Waals surface area (Å²) >= 11 is 5.96. The van der Waals surface area contributed by atoms with Crippen molar-refractivity contribution >= 4 is 34.3 Å². The molecule has 0 aliphatic heterocycles. The van der Waals surface area contributed by atoms with Crippen molar-refractivity contribution in [1.29, 1.82) is 0 Å². The molecule has 1 heterocycles. The van der Waals surface area contributed by atoms with Crippen LogP contribution in [0.2, 0.25) is 5.02 Å². The lowest BCUT2D eigenvalue weighted by Gasteiger charge is -2.04. The smallest absolute Gasteiger partial charge is 0.346 e. The van der Waals surface area contributed by atoms with Crippen LogP contribution in [-0.2, 0) is 0 Å². The van der Waals surface area contributed by atoms with E-state index in [9.17, 15) is 9.90 Å². The molecule has 0 aliphatic carbocycles. The summed E-state index contributed by atoms with van der Waals surface area (Å²) in [5.41, 5.74) is 1.41. The van der Waals surface area contributed by atoms with Gasteiger partial charge in [-0.3, -0.25) is 4.99 Å². The van der Waals surface area contributed by atoms with Crippen molar-refractivity contribution in [2.24, 2.45) is 4.99 Å². The Morgan fingerprint density at radius 1 is 1.18 bits per heavy atom. The first kappa shape index (κ1) is 14.4. The molecule has 22 heavy (non-hydrogen) atoms. The molecule has 0 atom stereocenters. The van der Waals surface area contributed by atoms with Crippen LogP contribution in [0.5, 0.6) is 5.95 Å². The van der Waals surface area contributed by atoms with E-state index in [1.54, 1.807) is 36.4 Å². The van der Waals surface area contributed by atoms with Crippen LogP contribution >= 0.6 is 11.6 Å². The molecule has 0 aliphatic rings. The van der Waals surface area contributed by atoms with E-state index in [0.29, 0.717) is 27.0 Å². The summed E-state index contributed by atoms with van der Waals surface area (Å²) in [7, 11) is 0. The maximum Gasteiger partial charge on any atom is 0.346 e. The van der Waals surface area contributed by atoms with Gasteiger partial charge in [0.1, 0.15) is 0 Å². The summed E-state index contributed by atoms with van der Waals surface area (Å²) in [5, 5.41) is 11.5. The van der Waals surface area contributed by atoms with Gasteiger partial charge < -0.3 is 9.52 Å². The number of hydrogen-bond donors (Lipinski definition) is 1. The summed E-state index contributed by atoms with van der Waals surface area (Å²) in [6, 6.07) is 12.3. The summed E-state index contributed by atoms with van der Waals surface area (Å²) in [6.07, 6.45) is 1.47. The van der Waals surface area contributed by atoms with Crippen LogP contribution in [0.25, 0.3) is 10.8 Å². The van der Waals surface area contributed by atoms with Gasteiger partial charge in [0, 0.05) is 16.6 Å². The Morgan fingerprint density at radius 3 is 2.68 bits per heavy atom. The molecule has 0 radical (unpaired) electrons. The van der Waals surface area contributed by atoms with Crippen LogP contribution < -0.4 is 5.63 Å². The van der Waals surface area contributed by atoms with E-state index in [4.69, 9.17) is 16.0 Å². The van der Waals surface area contributed by atoms with Crippen LogP contribution in [0, 0.1) is 6.92 Å². The fourth-order valence-electron chi connectivity index (χ4n) is 2.19. The molecule has 0 spiro atoms. The van der Waals surface area contributed by atoms with Gasteiger partial charge in [0.15, 0.2) is 0 Å². The fraction of sp³-hybridized carbons (Fsp3) is 0.0588. The molecule has 110 valence electrons. The Bertz CT molecular complexity index is 944. The average Bonchev–Trinajstić information content (AvgIpc) is 2.50. The summed E-state index contributed by atoms with van der Waals surface area (Å²) < 4.78 is 4.85. The third kappa shape index (κ3) is 2.61. The number of aliphatic imine (C=N–C) groups is 1. The molecule has 0 saturated carbocycles. The first-order chi connectivity index (χ1) is 10.6. The van der Waals surface area contributed by atoms with E-state index in [1.807, 2.05) is 13.0 Å². The number of rotatable bonds is 2. The highest BCUT2D eigenvalue weighted by Gasteiger charge is 2.11. The highest BCUT2D eigenvalue weighted by Crippen LogP contribution is 2.26. The second-order valence-electron chi connectivity index (χ2n) is 4.84. The second kappa shape index (κ2) is 5.66. The maximum atomic E-state index is 11.7. The number of benzene rings is 2. The molecule has 0 bridgehead atoms. The molecule has 0 unspecified atom stereocenters. The molecule has 3 rings (SSSR count). The topological polar surface area (TPSA) is 62.8 Å². The minimum atomic E-state index is -0.579. The highest BCUT2D eigenvalue weighted by atomic mass is 35.5. The number of aromatic hydroxyl groups is 1. The normalized spacial score (nSPS) is 11.4. The van der Waals surface area contributed by atoms with E-state index in [1.165, 1.54) is 6.21 Å². The molecule has 4 nitrogen and oxygen atoms in total. The number of fused-ring (bicyclic) bond motifs is 1. The van der Waals surface area contributed by atoms with E-state index >= 15 is 0 Å². The quantitative estimate of drug-likeness (QED) is 0.721. The molecule has 1 N–H and O–H groups in total. The largest absolute Gasteiger partial charge is 0.480 e. The minimum Gasteiger partial charge on any atom is -0.480 e. The van der Waals surface area contributed by atoms with Gasteiger partial charge in [-0.15, -0.1) is 0 Å². The Labute approximate surface area is 131 Å². The third-order valence-corrected chi connectivity index (χ3v) is 3.60. The molecule has 3 aromatic rings. The number of nitrogens with zero attached hydrogens (tertiary/aromatic N) is 1. The van der Waals surface area contributed by atoms with Crippen molar-refractivity contribution in [2.45, 2.75) is 6.92 Å². The molecular weight excluding hydrogens is 302 g/mol. The van der Waals surface area contributed by atoms with Crippen molar-refractivity contribution in [3.63, 3.8) is 0 Å². The van der Waals surface area contributed by atoms with Crippen LogP contribution in [-0.4, -0.2) is 11.3 Å². The van der Waals surface area contributed by atoms with E-state index in [2.05, 4.69) is 4.99 Å². The zero-order chi connectivity index (χ0) is 15.7. The lowest BCUT2D eigenvalue weighted by molar-refractivity contribution is 0.312. The summed E-state index contributed by atoms with van der Waals surface area (Å²) in [4.78, 5) is 16.1. The van der Waals surface area contributed by atoms with Crippen molar-refractivity contribution in [2.75, 3.05) is 0 Å². The summed E-state index contributed by atoms with van der Waals surface area (Å²) in [6.45, 7) is 1.91. The average molecular weight is 314 g/mol. The molecule has 1 aromatic heterocycles. The Morgan fingerprint density at radius 2 is 1.91 bits per heavy atom. The molecule has 0 saturated heterocycles. The highest BCUT2D eigenvalue weighted by molar-refractivity contribution is 6.30. The van der Waals surface area contributed by atoms with Crippen molar-refractivity contribution in [1.82, 2.24) is 0 Å². The maximum absolute atomic E-state index is 11.7. The van der Waals surface area contributed by atoms with Crippen LogP contribution in [0.3, 0.4) is 0 Å². The summed E-state index contributed by atoms with van der Waals surface area (Å²) in [5.74, 6) is -0.452. The standard InChI is InChI=1S/C17H12ClNO3/c1-10-6-7-11(18)8-15(10)19-9-14-12-4-2-3-5-13(12)16(20)22-17(14)21/h2-9,21H,1H3. The predicted octanol–water partition coefficient (Wildman–Crippen LogP) is 4.21. The van der Waals surface area contributed by atoms with Gasteiger partial charge in [-0.05, 0) is 30.7 Å². The van der Waals surface area contributed by atoms with Gasteiger partial charge in [-0.1, -0.05) is 35.9 Å². The minimum absolute atomic E-state index is 0.356. The Hall–Kier alpha value is -2.59. The molecule has 0 fully saturated rings. The van der Waals surface area contributed by atoms with Crippen LogP contribution in [0.15, 0.2) is 56.7 Å². The van der Waals surface area contributed by atoms with E-state index < -0.39 is 11.6 Å². The van der Waals surface area contributed by atoms with Gasteiger partial charge in [-0.25, -0.2) is 4.79 Å². The number of aryl methyl sites for hydroxylation is 1. The van der Waals surface area contributed by atoms with Crippen molar-refractivity contribution < 1.29 is 9.52 Å². The van der Waals surface area contributed by atoms with Gasteiger partial charge >= 0.3 is 5.63 Å². The SMILES string of the molecule is Cc1ccc(Cl)cc1N=Cc1c(O)oc(=O)c2ccccc12. The Balaban J connectivity index is 2.17. The monoisotopic (exact) mass is 313 g/mol. The lowest BCUT2D eigenvalue weighted by atomic mass is 10.1. The van der Waals surface area contributed by atoms with E-state index in [0.717, 1.165) is 5.56 Å². The van der Waals surface area contributed by atoms with Crippen LogP contribution in [0.4, 0.5) is 5.69 Å². The van der Waals surface area contributed by atoms with Gasteiger partial charge in [0.25, 0.3) is 5.95 Å². The third-order valence-electron chi connectivity index (χ3n) is 3.36.